The SMILES string of the molecule is Cc1ccc(-c2nn3ccccc3c2-c2ccnc(Cl)n2)cc1NC(=O)C(F)(F)F. The van der Waals surface area contributed by atoms with E-state index in [-0.39, 0.29) is 11.0 Å². The van der Waals surface area contributed by atoms with E-state index in [4.69, 9.17) is 11.6 Å². The zero-order valence-corrected chi connectivity index (χ0v) is 16.2. The molecule has 4 aromatic rings. The van der Waals surface area contributed by atoms with Crippen molar-refractivity contribution < 1.29 is 18.0 Å². The highest BCUT2D eigenvalue weighted by molar-refractivity contribution is 6.28. The third kappa shape index (κ3) is 3.71. The minimum atomic E-state index is -4.99. The Morgan fingerprint density at radius 2 is 1.97 bits per heavy atom. The molecule has 30 heavy (non-hydrogen) atoms. The quantitative estimate of drug-likeness (QED) is 0.467. The number of halogens is 4. The number of amides is 1. The Labute approximate surface area is 173 Å². The predicted octanol–water partition coefficient (Wildman–Crippen LogP) is 4.92. The van der Waals surface area contributed by atoms with Gasteiger partial charge in [-0.3, -0.25) is 4.79 Å². The summed E-state index contributed by atoms with van der Waals surface area (Å²) in [6.45, 7) is 1.60. The Hall–Kier alpha value is -3.46. The zero-order valence-electron chi connectivity index (χ0n) is 15.4. The molecule has 0 radical (unpaired) electrons. The van der Waals surface area contributed by atoms with E-state index in [1.54, 1.807) is 41.9 Å². The molecule has 152 valence electrons. The molecule has 3 aromatic heterocycles. The maximum absolute atomic E-state index is 12.7. The molecule has 0 aliphatic rings. The Morgan fingerprint density at radius 3 is 2.70 bits per heavy atom. The summed E-state index contributed by atoms with van der Waals surface area (Å²) in [6.07, 6.45) is -1.74. The number of aryl methyl sites for hydroxylation is 1. The van der Waals surface area contributed by atoms with Crippen molar-refractivity contribution in [3.8, 4) is 22.5 Å². The second kappa shape index (κ2) is 7.42. The van der Waals surface area contributed by atoms with Crippen LogP contribution in [0.15, 0.2) is 54.9 Å². The lowest BCUT2D eigenvalue weighted by molar-refractivity contribution is -0.167. The number of carbonyl (C=O) groups excluding carboxylic acids is 1. The second-order valence-corrected chi connectivity index (χ2v) is 6.78. The molecule has 0 spiro atoms. The number of rotatable bonds is 3. The number of aromatic nitrogens is 4. The van der Waals surface area contributed by atoms with Crippen molar-refractivity contribution in [3.63, 3.8) is 0 Å². The van der Waals surface area contributed by atoms with Crippen molar-refractivity contribution in [2.24, 2.45) is 0 Å². The molecule has 10 heteroatoms. The summed E-state index contributed by atoms with van der Waals surface area (Å²) in [6, 6.07) is 11.9. The third-order valence-electron chi connectivity index (χ3n) is 4.44. The third-order valence-corrected chi connectivity index (χ3v) is 4.62. The maximum atomic E-state index is 12.7. The van der Waals surface area contributed by atoms with Crippen molar-refractivity contribution in [1.29, 1.82) is 0 Å². The lowest BCUT2D eigenvalue weighted by Crippen LogP contribution is -2.30. The fraction of sp³-hybridized carbons (Fsp3) is 0.100. The molecule has 0 unspecified atom stereocenters. The van der Waals surface area contributed by atoms with E-state index in [2.05, 4.69) is 15.1 Å². The normalized spacial score (nSPS) is 11.6. The number of pyridine rings is 1. The number of carbonyl (C=O) groups is 1. The number of hydrogen-bond acceptors (Lipinski definition) is 4. The topological polar surface area (TPSA) is 72.2 Å². The molecule has 1 N–H and O–H groups in total. The van der Waals surface area contributed by atoms with Gasteiger partial charge < -0.3 is 5.32 Å². The van der Waals surface area contributed by atoms with Crippen molar-refractivity contribution in [2.75, 3.05) is 5.32 Å². The monoisotopic (exact) mass is 431 g/mol. The number of nitrogens with zero attached hydrogens (tertiary/aromatic N) is 4. The summed E-state index contributed by atoms with van der Waals surface area (Å²) >= 11 is 5.95. The van der Waals surface area contributed by atoms with Gasteiger partial charge in [0, 0.05) is 23.6 Å². The number of benzene rings is 1. The van der Waals surface area contributed by atoms with Gasteiger partial charge in [-0.2, -0.15) is 18.3 Å². The lowest BCUT2D eigenvalue weighted by atomic mass is 10.0. The zero-order chi connectivity index (χ0) is 21.5. The van der Waals surface area contributed by atoms with Gasteiger partial charge in [0.2, 0.25) is 5.28 Å². The van der Waals surface area contributed by atoms with Gasteiger partial charge in [-0.05, 0) is 48.4 Å². The summed E-state index contributed by atoms with van der Waals surface area (Å²) in [5.41, 5.74) is 3.36. The molecule has 0 aliphatic carbocycles. The molecular weight excluding hydrogens is 419 g/mol. The van der Waals surface area contributed by atoms with Crippen LogP contribution in [0.3, 0.4) is 0 Å². The molecule has 0 aliphatic heterocycles. The summed E-state index contributed by atoms with van der Waals surface area (Å²) in [5.74, 6) is -2.04. The van der Waals surface area contributed by atoms with E-state index in [9.17, 15) is 18.0 Å². The van der Waals surface area contributed by atoms with Crippen molar-refractivity contribution in [1.82, 2.24) is 19.6 Å². The van der Waals surface area contributed by atoms with Crippen LogP contribution in [0.1, 0.15) is 5.56 Å². The molecule has 3 heterocycles. The van der Waals surface area contributed by atoms with E-state index in [1.165, 1.54) is 12.3 Å². The molecule has 1 amide bonds. The Balaban J connectivity index is 1.89. The van der Waals surface area contributed by atoms with Gasteiger partial charge in [0.1, 0.15) is 5.69 Å². The summed E-state index contributed by atoms with van der Waals surface area (Å²) < 4.78 is 39.7. The molecular formula is C20H13ClF3N5O. The second-order valence-electron chi connectivity index (χ2n) is 6.45. The first-order valence-corrected chi connectivity index (χ1v) is 9.07. The minimum absolute atomic E-state index is 0.0403. The van der Waals surface area contributed by atoms with Crippen LogP contribution in [-0.4, -0.2) is 31.7 Å². The molecule has 0 bridgehead atoms. The van der Waals surface area contributed by atoms with Crippen LogP contribution in [0.5, 0.6) is 0 Å². The van der Waals surface area contributed by atoms with Gasteiger partial charge in [-0.1, -0.05) is 18.2 Å². The average molecular weight is 432 g/mol. The fourth-order valence-corrected chi connectivity index (χ4v) is 3.17. The first kappa shape index (κ1) is 19.8. The van der Waals surface area contributed by atoms with E-state index >= 15 is 0 Å². The summed E-state index contributed by atoms with van der Waals surface area (Å²) in [5, 5.41) is 6.53. The predicted molar refractivity (Wildman–Crippen MR) is 106 cm³/mol. The first-order chi connectivity index (χ1) is 14.2. The largest absolute Gasteiger partial charge is 0.471 e. The average Bonchev–Trinajstić information content (AvgIpc) is 3.08. The van der Waals surface area contributed by atoms with Crippen LogP contribution in [-0.2, 0) is 4.79 Å². The minimum Gasteiger partial charge on any atom is -0.318 e. The van der Waals surface area contributed by atoms with Crippen LogP contribution < -0.4 is 5.32 Å². The Kier molecular flexibility index (Phi) is 4.90. The lowest BCUT2D eigenvalue weighted by Gasteiger charge is -2.12. The highest BCUT2D eigenvalue weighted by Crippen LogP contribution is 2.36. The summed E-state index contributed by atoms with van der Waals surface area (Å²) in [7, 11) is 0. The Morgan fingerprint density at radius 1 is 1.17 bits per heavy atom. The molecule has 0 saturated carbocycles. The van der Waals surface area contributed by atoms with E-state index in [0.29, 0.717) is 28.1 Å². The molecule has 0 saturated heterocycles. The van der Waals surface area contributed by atoms with Gasteiger partial charge in [0.05, 0.1) is 16.8 Å². The number of nitrogens with one attached hydrogen (secondary N) is 1. The number of anilines is 1. The standard InChI is InChI=1S/C20H13ClF3N5O/c1-11-5-6-12(10-14(11)26-18(30)20(22,23)24)17-16(13-7-8-25-19(21)27-13)15-4-2-3-9-29(15)28-17/h2-10H,1H3,(H,26,30). The Bertz CT molecular complexity index is 1270. The maximum Gasteiger partial charge on any atom is 0.471 e. The van der Waals surface area contributed by atoms with Crippen molar-refractivity contribution >= 4 is 28.7 Å². The number of fused-ring (bicyclic) bond motifs is 1. The fourth-order valence-electron chi connectivity index (χ4n) is 3.02. The summed E-state index contributed by atoms with van der Waals surface area (Å²) in [4.78, 5) is 19.6. The van der Waals surface area contributed by atoms with Gasteiger partial charge in [0.25, 0.3) is 0 Å². The molecule has 4 rings (SSSR count). The van der Waals surface area contributed by atoms with Gasteiger partial charge in [0.15, 0.2) is 0 Å². The highest BCUT2D eigenvalue weighted by atomic mass is 35.5. The number of hydrogen-bond donors (Lipinski definition) is 1. The highest BCUT2D eigenvalue weighted by Gasteiger charge is 2.38. The van der Waals surface area contributed by atoms with Crippen molar-refractivity contribution in [2.45, 2.75) is 13.1 Å². The first-order valence-electron chi connectivity index (χ1n) is 8.69. The van der Waals surface area contributed by atoms with E-state index < -0.39 is 12.1 Å². The van der Waals surface area contributed by atoms with Crippen LogP contribution in [0.4, 0.5) is 18.9 Å². The van der Waals surface area contributed by atoms with Crippen LogP contribution in [0.2, 0.25) is 5.28 Å². The van der Waals surface area contributed by atoms with Gasteiger partial charge >= 0.3 is 12.1 Å². The van der Waals surface area contributed by atoms with E-state index in [0.717, 1.165) is 5.52 Å². The van der Waals surface area contributed by atoms with E-state index in [1.807, 2.05) is 17.4 Å². The molecule has 0 atom stereocenters. The number of alkyl halides is 3. The van der Waals surface area contributed by atoms with Crippen LogP contribution in [0.25, 0.3) is 28.0 Å². The smallest absolute Gasteiger partial charge is 0.318 e. The van der Waals surface area contributed by atoms with Crippen LogP contribution >= 0.6 is 11.6 Å². The van der Waals surface area contributed by atoms with Crippen LogP contribution in [0, 0.1) is 6.92 Å². The molecule has 6 nitrogen and oxygen atoms in total. The van der Waals surface area contributed by atoms with Crippen molar-refractivity contribution in [3.05, 3.63) is 65.7 Å². The molecule has 1 aromatic carbocycles. The van der Waals surface area contributed by atoms with Gasteiger partial charge in [-0.25, -0.2) is 14.5 Å². The van der Waals surface area contributed by atoms with Gasteiger partial charge in [-0.15, -0.1) is 0 Å². The molecule has 0 fully saturated rings.